The third-order valence-electron chi connectivity index (χ3n) is 5.67. The Balaban J connectivity index is 1.19. The van der Waals surface area contributed by atoms with E-state index in [-0.39, 0.29) is 6.03 Å². The van der Waals surface area contributed by atoms with E-state index < -0.39 is 0 Å². The summed E-state index contributed by atoms with van der Waals surface area (Å²) in [4.78, 5) is 21.7. The highest BCUT2D eigenvalue weighted by Gasteiger charge is 2.42. The van der Waals surface area contributed by atoms with E-state index in [0.717, 1.165) is 48.7 Å². The molecule has 3 fully saturated rings. The second-order valence-corrected chi connectivity index (χ2v) is 8.60. The topological polar surface area (TPSA) is 48.5 Å². The van der Waals surface area contributed by atoms with Gasteiger partial charge >= 0.3 is 6.03 Å². The number of fused-ring (bicyclic) bond motifs is 1. The average molecular weight is 356 g/mol. The molecule has 2 saturated carbocycles. The van der Waals surface area contributed by atoms with Crippen LogP contribution in [0.4, 0.5) is 9.93 Å². The molecule has 2 aliphatic carbocycles. The van der Waals surface area contributed by atoms with Gasteiger partial charge in [-0.1, -0.05) is 23.5 Å². The van der Waals surface area contributed by atoms with E-state index >= 15 is 0 Å². The van der Waals surface area contributed by atoms with Crippen molar-refractivity contribution in [2.24, 2.45) is 11.8 Å². The molecule has 2 aromatic rings. The minimum absolute atomic E-state index is 0.146. The van der Waals surface area contributed by atoms with Gasteiger partial charge in [-0.25, -0.2) is 9.78 Å². The molecule has 1 N–H and O–H groups in total. The molecule has 25 heavy (non-hydrogen) atoms. The van der Waals surface area contributed by atoms with E-state index in [1.165, 1.54) is 30.4 Å². The highest BCUT2D eigenvalue weighted by molar-refractivity contribution is 7.22. The zero-order chi connectivity index (χ0) is 16.8. The number of amides is 2. The predicted octanol–water partition coefficient (Wildman–Crippen LogP) is 3.32. The maximum atomic E-state index is 12.6. The molecule has 6 heteroatoms. The summed E-state index contributed by atoms with van der Waals surface area (Å²) in [5.74, 6) is 1.50. The molecule has 132 valence electrons. The Labute approximate surface area is 152 Å². The molecule has 0 spiro atoms. The number of thiazole rings is 1. The fraction of sp³-hybridized carbons (Fsp3) is 0.579. The lowest BCUT2D eigenvalue weighted by Crippen LogP contribution is -2.54. The minimum Gasteiger partial charge on any atom is -0.345 e. The van der Waals surface area contributed by atoms with Gasteiger partial charge in [0.1, 0.15) is 0 Å². The molecular formula is C19H24N4OS. The highest BCUT2D eigenvalue weighted by Crippen LogP contribution is 2.44. The maximum Gasteiger partial charge on any atom is 0.317 e. The molecule has 1 aliphatic heterocycles. The molecule has 0 atom stereocenters. The zero-order valence-electron chi connectivity index (χ0n) is 14.4. The third-order valence-corrected chi connectivity index (χ3v) is 6.77. The second kappa shape index (κ2) is 6.16. The highest BCUT2D eigenvalue weighted by atomic mass is 32.1. The van der Waals surface area contributed by atoms with E-state index in [0.29, 0.717) is 6.04 Å². The first-order chi connectivity index (χ1) is 12.3. The third kappa shape index (κ3) is 3.19. The summed E-state index contributed by atoms with van der Waals surface area (Å²) in [6.07, 6.45) is 5.19. The van der Waals surface area contributed by atoms with Gasteiger partial charge in [-0.2, -0.15) is 0 Å². The van der Waals surface area contributed by atoms with Crippen LogP contribution >= 0.6 is 11.3 Å². The largest absolute Gasteiger partial charge is 0.345 e. The predicted molar refractivity (Wildman–Crippen MR) is 101 cm³/mol. The van der Waals surface area contributed by atoms with Crippen LogP contribution in [-0.2, 0) is 0 Å². The number of aromatic nitrogens is 1. The fourth-order valence-electron chi connectivity index (χ4n) is 3.86. The van der Waals surface area contributed by atoms with Crippen LogP contribution < -0.4 is 10.2 Å². The van der Waals surface area contributed by atoms with Crippen molar-refractivity contribution in [3.63, 3.8) is 0 Å². The van der Waals surface area contributed by atoms with Gasteiger partial charge in [-0.3, -0.25) is 0 Å². The summed E-state index contributed by atoms with van der Waals surface area (Å²) in [5.41, 5.74) is 1.07. The van der Waals surface area contributed by atoms with Gasteiger partial charge in [0.2, 0.25) is 0 Å². The number of piperazine rings is 1. The Kier molecular flexibility index (Phi) is 3.81. The molecule has 1 aromatic heterocycles. The van der Waals surface area contributed by atoms with Crippen LogP contribution in [-0.4, -0.2) is 48.1 Å². The van der Waals surface area contributed by atoms with Gasteiger partial charge in [-0.15, -0.1) is 0 Å². The summed E-state index contributed by atoms with van der Waals surface area (Å²) < 4.78 is 1.23. The molecule has 0 radical (unpaired) electrons. The summed E-state index contributed by atoms with van der Waals surface area (Å²) in [5, 5.41) is 4.42. The Hall–Kier alpha value is -1.82. The number of nitrogens with one attached hydrogen (secondary N) is 1. The maximum absolute atomic E-state index is 12.6. The van der Waals surface area contributed by atoms with Gasteiger partial charge < -0.3 is 15.1 Å². The number of carbonyl (C=O) groups is 1. The Bertz CT molecular complexity index is 730. The first-order valence-corrected chi connectivity index (χ1v) is 10.3. The lowest BCUT2D eigenvalue weighted by atomic mass is 10.1. The van der Waals surface area contributed by atoms with Crippen molar-refractivity contribution < 1.29 is 4.79 Å². The number of anilines is 1. The van der Waals surface area contributed by atoms with Crippen LogP contribution in [0.2, 0.25) is 0 Å². The normalized spacial score (nSPS) is 21.2. The van der Waals surface area contributed by atoms with Crippen molar-refractivity contribution in [1.82, 2.24) is 15.2 Å². The van der Waals surface area contributed by atoms with Crippen LogP contribution in [0.15, 0.2) is 24.3 Å². The first-order valence-electron chi connectivity index (χ1n) is 9.44. The molecule has 3 aliphatic rings. The number of para-hydroxylation sites is 1. The van der Waals surface area contributed by atoms with Crippen LogP contribution in [0.1, 0.15) is 25.7 Å². The Morgan fingerprint density at radius 1 is 1.08 bits per heavy atom. The average Bonchev–Trinajstić information content (AvgIpc) is 3.57. The van der Waals surface area contributed by atoms with Crippen LogP contribution in [0.25, 0.3) is 10.2 Å². The lowest BCUT2D eigenvalue weighted by Gasteiger charge is -2.35. The number of hydrogen-bond donors (Lipinski definition) is 1. The number of rotatable bonds is 4. The van der Waals surface area contributed by atoms with Crippen molar-refractivity contribution >= 4 is 32.7 Å². The zero-order valence-corrected chi connectivity index (χ0v) is 15.2. The smallest absolute Gasteiger partial charge is 0.317 e. The molecule has 1 saturated heterocycles. The van der Waals surface area contributed by atoms with Crippen molar-refractivity contribution in [2.45, 2.75) is 31.7 Å². The number of benzene rings is 1. The summed E-state index contributed by atoms with van der Waals surface area (Å²) in [7, 11) is 0. The monoisotopic (exact) mass is 356 g/mol. The Morgan fingerprint density at radius 3 is 2.40 bits per heavy atom. The van der Waals surface area contributed by atoms with Crippen LogP contribution in [0, 0.1) is 11.8 Å². The molecule has 0 unspecified atom stereocenters. The van der Waals surface area contributed by atoms with Crippen molar-refractivity contribution in [1.29, 1.82) is 0 Å². The lowest BCUT2D eigenvalue weighted by molar-refractivity contribution is 0.187. The quantitative estimate of drug-likeness (QED) is 0.914. The van der Waals surface area contributed by atoms with Crippen molar-refractivity contribution in [2.75, 3.05) is 31.1 Å². The minimum atomic E-state index is 0.146. The molecule has 0 bridgehead atoms. The second-order valence-electron chi connectivity index (χ2n) is 7.59. The summed E-state index contributed by atoms with van der Waals surface area (Å²) in [6.45, 7) is 3.29. The number of carbonyl (C=O) groups excluding carboxylic acids is 1. The van der Waals surface area contributed by atoms with Crippen LogP contribution in [0.3, 0.4) is 0 Å². The van der Waals surface area contributed by atoms with Crippen molar-refractivity contribution in [3.05, 3.63) is 24.3 Å². The van der Waals surface area contributed by atoms with E-state index in [1.54, 1.807) is 11.3 Å². The first kappa shape index (κ1) is 15.4. The van der Waals surface area contributed by atoms with Crippen LogP contribution in [0.5, 0.6) is 0 Å². The van der Waals surface area contributed by atoms with Crippen molar-refractivity contribution in [3.8, 4) is 0 Å². The van der Waals surface area contributed by atoms with E-state index in [2.05, 4.69) is 28.4 Å². The molecule has 2 heterocycles. The van der Waals surface area contributed by atoms with Gasteiger partial charge in [0.15, 0.2) is 5.13 Å². The Morgan fingerprint density at radius 2 is 1.76 bits per heavy atom. The molecule has 5 rings (SSSR count). The SMILES string of the molecule is O=C(NC(C1CC1)C1CC1)N1CCN(c2nc3ccccc3s2)CC1. The van der Waals surface area contributed by atoms with Gasteiger partial charge in [0.05, 0.1) is 10.2 Å². The standard InChI is InChI=1S/C19H24N4OS/c24-18(21-17(13-5-6-13)14-7-8-14)22-9-11-23(12-10-22)19-20-15-3-1-2-4-16(15)25-19/h1-4,13-14,17H,5-12H2,(H,21,24). The fourth-order valence-corrected chi connectivity index (χ4v) is 4.88. The number of urea groups is 1. The number of hydrogen-bond acceptors (Lipinski definition) is 4. The van der Waals surface area contributed by atoms with E-state index in [1.807, 2.05) is 11.0 Å². The molecular weight excluding hydrogens is 332 g/mol. The van der Waals surface area contributed by atoms with Gasteiger partial charge in [0, 0.05) is 32.2 Å². The summed E-state index contributed by atoms with van der Waals surface area (Å²) >= 11 is 1.74. The molecule has 1 aromatic carbocycles. The van der Waals surface area contributed by atoms with E-state index in [9.17, 15) is 4.79 Å². The van der Waals surface area contributed by atoms with Gasteiger partial charge in [-0.05, 0) is 49.7 Å². The number of nitrogens with zero attached hydrogens (tertiary/aromatic N) is 3. The summed E-state index contributed by atoms with van der Waals surface area (Å²) in [6, 6.07) is 8.86. The molecule has 5 nitrogen and oxygen atoms in total. The van der Waals surface area contributed by atoms with E-state index in [4.69, 9.17) is 4.98 Å². The van der Waals surface area contributed by atoms with Gasteiger partial charge in [0.25, 0.3) is 0 Å². The molecule has 2 amide bonds.